The Labute approximate surface area is 115 Å². The third kappa shape index (κ3) is 3.76. The molecule has 0 saturated carbocycles. The topological polar surface area (TPSA) is 59.0 Å². The van der Waals surface area contributed by atoms with Crippen LogP contribution in [-0.4, -0.2) is 52.4 Å². The van der Waals surface area contributed by atoms with Crippen LogP contribution in [0.5, 0.6) is 0 Å². The van der Waals surface area contributed by atoms with Gasteiger partial charge in [0.05, 0.1) is 12.6 Å². The summed E-state index contributed by atoms with van der Waals surface area (Å²) in [5.74, 6) is 0. The molecule has 1 saturated heterocycles. The molecule has 1 unspecified atom stereocenters. The molecule has 0 radical (unpaired) electrons. The summed E-state index contributed by atoms with van der Waals surface area (Å²) in [4.78, 5) is 12.9. The van der Waals surface area contributed by atoms with Gasteiger partial charge in [-0.05, 0) is 34.6 Å². The van der Waals surface area contributed by atoms with Crippen molar-refractivity contribution in [2.45, 2.75) is 64.3 Å². The number of ether oxygens (including phenoxy) is 2. The van der Waals surface area contributed by atoms with Gasteiger partial charge in [-0.25, -0.2) is 4.79 Å². The van der Waals surface area contributed by atoms with Crippen LogP contribution >= 0.6 is 0 Å². The SMILES string of the molecule is CC(C)(C)OC(=O)N1C([C@H](O)C(F)(F)F)COC1(C)C. The van der Waals surface area contributed by atoms with Gasteiger partial charge in [-0.3, -0.25) is 4.90 Å². The number of hydrogen-bond acceptors (Lipinski definition) is 4. The van der Waals surface area contributed by atoms with Gasteiger partial charge in [-0.15, -0.1) is 0 Å². The molecule has 1 aliphatic heterocycles. The highest BCUT2D eigenvalue weighted by Gasteiger charge is 2.55. The second-order valence-electron chi connectivity index (χ2n) is 6.16. The van der Waals surface area contributed by atoms with E-state index in [1.54, 1.807) is 20.8 Å². The molecule has 8 heteroatoms. The third-order valence-corrected chi connectivity index (χ3v) is 2.81. The smallest absolute Gasteiger partial charge is 0.416 e. The molecule has 1 N–H and O–H groups in total. The number of carbonyl (C=O) groups is 1. The lowest BCUT2D eigenvalue weighted by atomic mass is 10.1. The van der Waals surface area contributed by atoms with Gasteiger partial charge in [0, 0.05) is 0 Å². The first-order valence-electron chi connectivity index (χ1n) is 6.17. The van der Waals surface area contributed by atoms with Crippen LogP contribution in [0.15, 0.2) is 0 Å². The minimum absolute atomic E-state index is 0.410. The molecular formula is C12H20F3NO4. The van der Waals surface area contributed by atoms with Crippen molar-refractivity contribution < 1.29 is 32.5 Å². The molecule has 1 rings (SSSR count). The van der Waals surface area contributed by atoms with Crippen molar-refractivity contribution in [2.24, 2.45) is 0 Å². The van der Waals surface area contributed by atoms with Crippen LogP contribution in [0.1, 0.15) is 34.6 Å². The van der Waals surface area contributed by atoms with Gasteiger partial charge in [0.25, 0.3) is 0 Å². The maximum atomic E-state index is 12.6. The number of halogens is 3. The fourth-order valence-corrected chi connectivity index (χ4v) is 1.95. The molecule has 0 aromatic heterocycles. The molecule has 20 heavy (non-hydrogen) atoms. The van der Waals surface area contributed by atoms with Gasteiger partial charge in [-0.2, -0.15) is 13.2 Å². The zero-order chi connectivity index (χ0) is 15.9. The summed E-state index contributed by atoms with van der Waals surface area (Å²) in [6.45, 7) is 7.28. The summed E-state index contributed by atoms with van der Waals surface area (Å²) in [6, 6.07) is -1.53. The zero-order valence-corrected chi connectivity index (χ0v) is 12.1. The first kappa shape index (κ1) is 17.0. The monoisotopic (exact) mass is 299 g/mol. The van der Waals surface area contributed by atoms with Crippen molar-refractivity contribution in [1.29, 1.82) is 0 Å². The van der Waals surface area contributed by atoms with Crippen LogP contribution in [0.2, 0.25) is 0 Å². The Kier molecular flexibility index (Phi) is 4.32. The quantitative estimate of drug-likeness (QED) is 0.807. The van der Waals surface area contributed by atoms with Gasteiger partial charge in [0.2, 0.25) is 0 Å². The highest BCUT2D eigenvalue weighted by Crippen LogP contribution is 2.35. The molecule has 1 fully saturated rings. The summed E-state index contributed by atoms with van der Waals surface area (Å²) >= 11 is 0. The second kappa shape index (κ2) is 5.07. The normalized spacial score (nSPS) is 24.6. The predicted octanol–water partition coefficient (Wildman–Crippen LogP) is 2.28. The van der Waals surface area contributed by atoms with Crippen LogP contribution in [0.25, 0.3) is 0 Å². The van der Waals surface area contributed by atoms with E-state index in [9.17, 15) is 23.1 Å². The summed E-state index contributed by atoms with van der Waals surface area (Å²) in [5.41, 5.74) is -2.14. The fourth-order valence-electron chi connectivity index (χ4n) is 1.95. The molecule has 0 bridgehead atoms. The Morgan fingerprint density at radius 2 is 1.90 bits per heavy atom. The van der Waals surface area contributed by atoms with E-state index in [4.69, 9.17) is 9.47 Å². The van der Waals surface area contributed by atoms with Crippen molar-refractivity contribution in [3.05, 3.63) is 0 Å². The van der Waals surface area contributed by atoms with E-state index in [1.807, 2.05) is 0 Å². The molecule has 2 atom stereocenters. The summed E-state index contributed by atoms with van der Waals surface area (Å²) in [6.07, 6.45) is -8.47. The Morgan fingerprint density at radius 1 is 1.40 bits per heavy atom. The predicted molar refractivity (Wildman–Crippen MR) is 64.0 cm³/mol. The maximum absolute atomic E-state index is 12.6. The molecule has 5 nitrogen and oxygen atoms in total. The Bertz CT molecular complexity index is 376. The molecule has 0 aromatic rings. The number of carbonyl (C=O) groups excluding carboxylic acids is 1. The van der Waals surface area contributed by atoms with Crippen molar-refractivity contribution in [1.82, 2.24) is 4.90 Å². The van der Waals surface area contributed by atoms with Crippen molar-refractivity contribution >= 4 is 6.09 Å². The van der Waals surface area contributed by atoms with E-state index in [0.29, 0.717) is 0 Å². The fraction of sp³-hybridized carbons (Fsp3) is 0.917. The number of aliphatic hydroxyl groups excluding tert-OH is 1. The van der Waals surface area contributed by atoms with E-state index >= 15 is 0 Å². The zero-order valence-electron chi connectivity index (χ0n) is 12.1. The number of hydrogen-bond donors (Lipinski definition) is 1. The van der Waals surface area contributed by atoms with Gasteiger partial charge in [0.1, 0.15) is 11.3 Å². The van der Waals surface area contributed by atoms with Crippen molar-refractivity contribution in [3.63, 3.8) is 0 Å². The first-order valence-corrected chi connectivity index (χ1v) is 6.17. The Hall–Kier alpha value is -1.02. The van der Waals surface area contributed by atoms with E-state index in [-0.39, 0.29) is 0 Å². The minimum atomic E-state index is -4.84. The largest absolute Gasteiger partial charge is 0.444 e. The molecule has 0 aliphatic carbocycles. The third-order valence-electron chi connectivity index (χ3n) is 2.81. The van der Waals surface area contributed by atoms with E-state index in [0.717, 1.165) is 4.90 Å². The Balaban J connectivity index is 3.00. The van der Waals surface area contributed by atoms with Crippen LogP contribution in [0.3, 0.4) is 0 Å². The highest BCUT2D eigenvalue weighted by atomic mass is 19.4. The molecule has 1 amide bonds. The summed E-state index contributed by atoms with van der Waals surface area (Å²) < 4.78 is 48.2. The lowest BCUT2D eigenvalue weighted by molar-refractivity contribution is -0.218. The van der Waals surface area contributed by atoms with Gasteiger partial charge in [0.15, 0.2) is 6.10 Å². The molecule has 118 valence electrons. The molecule has 1 aliphatic rings. The molecule has 0 aromatic carbocycles. The van der Waals surface area contributed by atoms with Crippen LogP contribution in [0.4, 0.5) is 18.0 Å². The first-order chi connectivity index (χ1) is 8.76. The molecular weight excluding hydrogens is 279 g/mol. The van der Waals surface area contributed by atoms with Crippen molar-refractivity contribution in [3.8, 4) is 0 Å². The number of nitrogens with zero attached hydrogens (tertiary/aromatic N) is 1. The average molecular weight is 299 g/mol. The van der Waals surface area contributed by atoms with Gasteiger partial charge < -0.3 is 14.6 Å². The second-order valence-corrected chi connectivity index (χ2v) is 6.16. The van der Waals surface area contributed by atoms with Crippen LogP contribution in [-0.2, 0) is 9.47 Å². The highest BCUT2D eigenvalue weighted by molar-refractivity contribution is 5.70. The van der Waals surface area contributed by atoms with Gasteiger partial charge in [-0.1, -0.05) is 0 Å². The van der Waals surface area contributed by atoms with Crippen LogP contribution < -0.4 is 0 Å². The summed E-state index contributed by atoms with van der Waals surface area (Å²) in [5, 5.41) is 9.38. The van der Waals surface area contributed by atoms with E-state index < -0.39 is 42.3 Å². The molecule has 0 spiro atoms. The summed E-state index contributed by atoms with van der Waals surface area (Å²) in [7, 11) is 0. The number of rotatable bonds is 1. The van der Waals surface area contributed by atoms with E-state index in [1.165, 1.54) is 13.8 Å². The minimum Gasteiger partial charge on any atom is -0.444 e. The number of alkyl halides is 3. The lowest BCUT2D eigenvalue weighted by Crippen LogP contribution is -2.56. The lowest BCUT2D eigenvalue weighted by Gasteiger charge is -2.36. The Morgan fingerprint density at radius 3 is 2.30 bits per heavy atom. The molecule has 1 heterocycles. The maximum Gasteiger partial charge on any atom is 0.416 e. The average Bonchev–Trinajstić information content (AvgIpc) is 2.48. The van der Waals surface area contributed by atoms with Gasteiger partial charge >= 0.3 is 12.3 Å². The standard InChI is InChI=1S/C12H20F3NO4/c1-10(2,3)20-9(18)16-7(6-19-11(16,4)5)8(17)12(13,14)15/h7-8,17H,6H2,1-5H3/t7?,8-/m0/s1. The van der Waals surface area contributed by atoms with Crippen LogP contribution in [0, 0.1) is 0 Å². The van der Waals surface area contributed by atoms with Crippen molar-refractivity contribution in [2.75, 3.05) is 6.61 Å². The number of aliphatic hydroxyl groups is 1. The van der Waals surface area contributed by atoms with E-state index in [2.05, 4.69) is 0 Å². The number of amides is 1.